The van der Waals surface area contributed by atoms with Gasteiger partial charge in [0.2, 0.25) is 0 Å². The van der Waals surface area contributed by atoms with Gasteiger partial charge in [0, 0.05) is 10.4 Å². The Labute approximate surface area is 123 Å². The lowest BCUT2D eigenvalue weighted by Crippen LogP contribution is -2.43. The summed E-state index contributed by atoms with van der Waals surface area (Å²) in [7, 11) is 1.88. The summed E-state index contributed by atoms with van der Waals surface area (Å²) >= 11 is 13.6. The lowest BCUT2D eigenvalue weighted by Gasteiger charge is -2.26. The van der Waals surface area contributed by atoms with Gasteiger partial charge in [-0.3, -0.25) is 0 Å². The van der Waals surface area contributed by atoms with Gasteiger partial charge in [-0.05, 0) is 50.8 Å². The van der Waals surface area contributed by atoms with Crippen molar-refractivity contribution < 1.29 is 5.11 Å². The van der Waals surface area contributed by atoms with Gasteiger partial charge in [0.05, 0.1) is 16.7 Å². The highest BCUT2D eigenvalue weighted by Gasteiger charge is 2.19. The van der Waals surface area contributed by atoms with Crippen molar-refractivity contribution in [3.8, 4) is 0 Å². The molecule has 1 atom stereocenters. The SMILES string of the molecule is CNC(C)(CO)CCCSc1ccc(Cl)c(Cl)c1. The van der Waals surface area contributed by atoms with Crippen LogP contribution in [0.2, 0.25) is 10.0 Å². The summed E-state index contributed by atoms with van der Waals surface area (Å²) in [4.78, 5) is 1.12. The van der Waals surface area contributed by atoms with Gasteiger partial charge < -0.3 is 10.4 Å². The quantitative estimate of drug-likeness (QED) is 0.593. The lowest BCUT2D eigenvalue weighted by molar-refractivity contribution is 0.173. The Morgan fingerprint density at radius 3 is 2.61 bits per heavy atom. The minimum absolute atomic E-state index is 0.154. The first kappa shape index (κ1) is 16.1. The number of aliphatic hydroxyl groups is 1. The van der Waals surface area contributed by atoms with Gasteiger partial charge in [0.25, 0.3) is 0 Å². The number of hydrogen-bond donors (Lipinski definition) is 2. The second kappa shape index (κ2) is 7.61. The molecule has 5 heteroatoms. The number of aliphatic hydroxyl groups excluding tert-OH is 1. The first-order valence-corrected chi connectivity index (χ1v) is 7.62. The predicted octanol–water partition coefficient (Wildman–Crippen LogP) is 3.84. The lowest BCUT2D eigenvalue weighted by atomic mass is 9.98. The molecule has 0 fully saturated rings. The summed E-state index contributed by atoms with van der Waals surface area (Å²) in [5.74, 6) is 0.995. The monoisotopic (exact) mass is 307 g/mol. The van der Waals surface area contributed by atoms with Crippen molar-refractivity contribution in [3.05, 3.63) is 28.2 Å². The average molecular weight is 308 g/mol. The molecule has 0 saturated heterocycles. The Bertz CT molecular complexity index is 383. The molecular weight excluding hydrogens is 289 g/mol. The Morgan fingerprint density at radius 2 is 2.06 bits per heavy atom. The van der Waals surface area contributed by atoms with Crippen LogP contribution < -0.4 is 5.32 Å². The maximum absolute atomic E-state index is 9.27. The Kier molecular flexibility index (Phi) is 6.82. The van der Waals surface area contributed by atoms with Gasteiger partial charge in [0.1, 0.15) is 0 Å². The molecule has 0 aromatic heterocycles. The van der Waals surface area contributed by atoms with Crippen LogP contribution in [0.25, 0.3) is 0 Å². The van der Waals surface area contributed by atoms with Gasteiger partial charge in [-0.1, -0.05) is 23.2 Å². The fraction of sp³-hybridized carbons (Fsp3) is 0.538. The molecule has 0 amide bonds. The molecule has 0 radical (unpaired) electrons. The van der Waals surface area contributed by atoms with Crippen molar-refractivity contribution in [3.63, 3.8) is 0 Å². The van der Waals surface area contributed by atoms with Crippen LogP contribution in [0, 0.1) is 0 Å². The zero-order valence-electron chi connectivity index (χ0n) is 10.7. The molecule has 102 valence electrons. The van der Waals surface area contributed by atoms with Gasteiger partial charge >= 0.3 is 0 Å². The molecule has 0 spiro atoms. The number of thioether (sulfide) groups is 1. The van der Waals surface area contributed by atoms with Gasteiger partial charge in [-0.25, -0.2) is 0 Å². The summed E-state index contributed by atoms with van der Waals surface area (Å²) < 4.78 is 0. The van der Waals surface area contributed by atoms with Crippen molar-refractivity contribution in [2.75, 3.05) is 19.4 Å². The van der Waals surface area contributed by atoms with Crippen molar-refractivity contribution in [2.24, 2.45) is 0 Å². The van der Waals surface area contributed by atoms with Crippen LogP contribution >= 0.6 is 35.0 Å². The molecule has 0 heterocycles. The van der Waals surface area contributed by atoms with E-state index >= 15 is 0 Å². The van der Waals surface area contributed by atoms with Crippen LogP contribution in [-0.2, 0) is 0 Å². The second-order valence-corrected chi connectivity index (χ2v) is 6.48. The van der Waals surface area contributed by atoms with Crippen molar-refractivity contribution in [1.82, 2.24) is 5.32 Å². The number of benzene rings is 1. The third-order valence-corrected chi connectivity index (χ3v) is 4.80. The third kappa shape index (κ3) is 4.98. The molecule has 2 N–H and O–H groups in total. The minimum atomic E-state index is -0.182. The smallest absolute Gasteiger partial charge is 0.0610 e. The second-order valence-electron chi connectivity index (χ2n) is 4.50. The topological polar surface area (TPSA) is 32.3 Å². The van der Waals surface area contributed by atoms with Crippen LogP contribution in [0.1, 0.15) is 19.8 Å². The highest BCUT2D eigenvalue weighted by Crippen LogP contribution is 2.28. The first-order valence-electron chi connectivity index (χ1n) is 5.88. The zero-order valence-corrected chi connectivity index (χ0v) is 13.0. The standard InChI is InChI=1S/C13H19Cl2NOS/c1-13(9-17,16-2)6-3-7-18-10-4-5-11(14)12(15)8-10/h4-5,8,16-17H,3,6-7,9H2,1-2H3. The van der Waals surface area contributed by atoms with E-state index in [0.717, 1.165) is 23.5 Å². The van der Waals surface area contributed by atoms with Gasteiger partial charge in [-0.2, -0.15) is 0 Å². The van der Waals surface area contributed by atoms with E-state index in [0.29, 0.717) is 10.0 Å². The Balaban J connectivity index is 2.36. The molecule has 1 aromatic carbocycles. The van der Waals surface area contributed by atoms with Crippen LogP contribution in [0.4, 0.5) is 0 Å². The van der Waals surface area contributed by atoms with Gasteiger partial charge in [0.15, 0.2) is 0 Å². The fourth-order valence-corrected chi connectivity index (χ4v) is 2.75. The fourth-order valence-electron chi connectivity index (χ4n) is 1.50. The van der Waals surface area contributed by atoms with Crippen molar-refractivity contribution in [2.45, 2.75) is 30.2 Å². The molecule has 18 heavy (non-hydrogen) atoms. The van der Waals surface area contributed by atoms with E-state index in [1.807, 2.05) is 32.2 Å². The van der Waals surface area contributed by atoms with E-state index in [4.69, 9.17) is 23.2 Å². The average Bonchev–Trinajstić information content (AvgIpc) is 2.38. The molecular formula is C13H19Cl2NOS. The molecule has 2 nitrogen and oxygen atoms in total. The van der Waals surface area contributed by atoms with Gasteiger partial charge in [-0.15, -0.1) is 11.8 Å². The molecule has 0 saturated carbocycles. The largest absolute Gasteiger partial charge is 0.394 e. The maximum Gasteiger partial charge on any atom is 0.0610 e. The highest BCUT2D eigenvalue weighted by atomic mass is 35.5. The number of rotatable bonds is 7. The van der Waals surface area contributed by atoms with E-state index in [1.54, 1.807) is 11.8 Å². The maximum atomic E-state index is 9.27. The molecule has 0 aliphatic carbocycles. The summed E-state index contributed by atoms with van der Waals surface area (Å²) in [6.07, 6.45) is 1.97. The van der Waals surface area contributed by atoms with Crippen molar-refractivity contribution in [1.29, 1.82) is 0 Å². The van der Waals surface area contributed by atoms with Crippen LogP contribution in [-0.4, -0.2) is 30.1 Å². The summed E-state index contributed by atoms with van der Waals surface area (Å²) in [6.45, 7) is 2.18. The highest BCUT2D eigenvalue weighted by molar-refractivity contribution is 7.99. The van der Waals surface area contributed by atoms with Crippen LogP contribution in [0.3, 0.4) is 0 Å². The Hall–Kier alpha value is 0.0700. The minimum Gasteiger partial charge on any atom is -0.394 e. The van der Waals surface area contributed by atoms with E-state index in [9.17, 15) is 5.11 Å². The number of hydrogen-bond acceptors (Lipinski definition) is 3. The normalized spacial score (nSPS) is 14.5. The Morgan fingerprint density at radius 1 is 1.33 bits per heavy atom. The number of halogens is 2. The van der Waals surface area contributed by atoms with E-state index in [-0.39, 0.29) is 12.1 Å². The van der Waals surface area contributed by atoms with E-state index in [1.165, 1.54) is 0 Å². The predicted molar refractivity (Wildman–Crippen MR) is 81.0 cm³/mol. The molecule has 1 unspecified atom stereocenters. The number of nitrogens with one attached hydrogen (secondary N) is 1. The molecule has 1 aromatic rings. The van der Waals surface area contributed by atoms with Crippen LogP contribution in [0.15, 0.2) is 23.1 Å². The zero-order chi connectivity index (χ0) is 13.6. The molecule has 0 bridgehead atoms. The van der Waals surface area contributed by atoms with Crippen molar-refractivity contribution >= 4 is 35.0 Å². The molecule has 0 aliphatic rings. The summed E-state index contributed by atoms with van der Waals surface area (Å²) in [6, 6.07) is 5.68. The number of likely N-dealkylation sites (N-methyl/N-ethyl adjacent to an activating group) is 1. The first-order chi connectivity index (χ1) is 8.50. The summed E-state index contributed by atoms with van der Waals surface area (Å²) in [5, 5.41) is 13.6. The van der Waals surface area contributed by atoms with E-state index < -0.39 is 0 Å². The molecule has 1 rings (SSSR count). The van der Waals surface area contributed by atoms with E-state index in [2.05, 4.69) is 5.32 Å². The van der Waals surface area contributed by atoms with Crippen LogP contribution in [0.5, 0.6) is 0 Å². The molecule has 0 aliphatic heterocycles. The third-order valence-electron chi connectivity index (χ3n) is 2.99. The summed E-state index contributed by atoms with van der Waals surface area (Å²) in [5.41, 5.74) is -0.182.